The number of hydrogen-bond acceptors (Lipinski definition) is 4. The largest absolute Gasteiger partial charge is 0.496 e. The monoisotopic (exact) mass is 297 g/mol. The van der Waals surface area contributed by atoms with Crippen LogP contribution in [-0.4, -0.2) is 36.6 Å². The van der Waals surface area contributed by atoms with E-state index in [1.165, 1.54) is 12.0 Å². The van der Waals surface area contributed by atoms with E-state index in [0.717, 1.165) is 37.7 Å². The average molecular weight is 297 g/mol. The van der Waals surface area contributed by atoms with Gasteiger partial charge in [-0.3, -0.25) is 4.90 Å². The number of benzene rings is 1. The van der Waals surface area contributed by atoms with E-state index in [4.69, 9.17) is 4.74 Å². The standard InChI is InChI=1S/C18H23N3O/c1-22-17-7-3-2-6-16(17)14-21-11-9-15(13-21)12-20-18-8-4-5-10-19-18/h2-8,10,15H,9,11-14H2,1H3,(H,19,20). The van der Waals surface area contributed by atoms with Gasteiger partial charge >= 0.3 is 0 Å². The summed E-state index contributed by atoms with van der Waals surface area (Å²) in [5.41, 5.74) is 1.27. The summed E-state index contributed by atoms with van der Waals surface area (Å²) in [6, 6.07) is 14.2. The molecule has 2 heterocycles. The lowest BCUT2D eigenvalue weighted by Crippen LogP contribution is -2.23. The zero-order valence-electron chi connectivity index (χ0n) is 13.0. The van der Waals surface area contributed by atoms with Gasteiger partial charge < -0.3 is 10.1 Å². The third-order valence-corrected chi connectivity index (χ3v) is 4.19. The molecule has 116 valence electrons. The van der Waals surface area contributed by atoms with Gasteiger partial charge in [-0.15, -0.1) is 0 Å². The highest BCUT2D eigenvalue weighted by molar-refractivity contribution is 5.34. The predicted octanol–water partition coefficient (Wildman–Crippen LogP) is 3.02. The minimum atomic E-state index is 0.678. The van der Waals surface area contributed by atoms with Crippen LogP contribution in [0.25, 0.3) is 0 Å². The van der Waals surface area contributed by atoms with Gasteiger partial charge in [0.1, 0.15) is 11.6 Å². The Balaban J connectivity index is 1.50. The molecule has 0 radical (unpaired) electrons. The molecule has 1 aromatic heterocycles. The van der Waals surface area contributed by atoms with Crippen molar-refractivity contribution < 1.29 is 4.74 Å². The highest BCUT2D eigenvalue weighted by atomic mass is 16.5. The summed E-state index contributed by atoms with van der Waals surface area (Å²) in [7, 11) is 1.74. The molecule has 1 saturated heterocycles. The van der Waals surface area contributed by atoms with Crippen LogP contribution in [-0.2, 0) is 6.54 Å². The van der Waals surface area contributed by atoms with Crippen molar-refractivity contribution in [3.8, 4) is 5.75 Å². The zero-order valence-corrected chi connectivity index (χ0v) is 13.0. The lowest BCUT2D eigenvalue weighted by Gasteiger charge is -2.18. The van der Waals surface area contributed by atoms with E-state index in [-0.39, 0.29) is 0 Å². The van der Waals surface area contributed by atoms with Gasteiger partial charge in [0, 0.05) is 31.4 Å². The van der Waals surface area contributed by atoms with Crippen LogP contribution in [0, 0.1) is 5.92 Å². The molecular weight excluding hydrogens is 274 g/mol. The average Bonchev–Trinajstić information content (AvgIpc) is 3.02. The van der Waals surface area contributed by atoms with Crippen molar-refractivity contribution in [1.82, 2.24) is 9.88 Å². The number of pyridine rings is 1. The van der Waals surface area contributed by atoms with E-state index in [1.807, 2.05) is 36.5 Å². The van der Waals surface area contributed by atoms with Gasteiger partial charge in [0.2, 0.25) is 0 Å². The van der Waals surface area contributed by atoms with Crippen LogP contribution in [0.3, 0.4) is 0 Å². The van der Waals surface area contributed by atoms with Crippen molar-refractivity contribution in [2.75, 3.05) is 32.1 Å². The number of hydrogen-bond donors (Lipinski definition) is 1. The third-order valence-electron chi connectivity index (χ3n) is 4.19. The molecule has 4 nitrogen and oxygen atoms in total. The van der Waals surface area contributed by atoms with Gasteiger partial charge in [0.05, 0.1) is 7.11 Å². The Kier molecular flexibility index (Phi) is 4.91. The maximum Gasteiger partial charge on any atom is 0.125 e. The van der Waals surface area contributed by atoms with E-state index in [9.17, 15) is 0 Å². The van der Waals surface area contributed by atoms with Crippen LogP contribution in [0.1, 0.15) is 12.0 Å². The molecule has 1 aliphatic heterocycles. The summed E-state index contributed by atoms with van der Waals surface area (Å²) in [5, 5.41) is 3.43. The second-order valence-corrected chi connectivity index (χ2v) is 5.80. The van der Waals surface area contributed by atoms with Crippen molar-refractivity contribution in [3.05, 3.63) is 54.2 Å². The van der Waals surface area contributed by atoms with Crippen molar-refractivity contribution in [1.29, 1.82) is 0 Å². The number of rotatable bonds is 6. The first-order valence-corrected chi connectivity index (χ1v) is 7.84. The topological polar surface area (TPSA) is 37.4 Å². The smallest absolute Gasteiger partial charge is 0.125 e. The molecule has 2 aromatic rings. The molecule has 0 aliphatic carbocycles. The van der Waals surface area contributed by atoms with Gasteiger partial charge in [-0.05, 0) is 37.1 Å². The number of anilines is 1. The number of likely N-dealkylation sites (tertiary alicyclic amines) is 1. The Morgan fingerprint density at radius 3 is 2.91 bits per heavy atom. The molecule has 1 N–H and O–H groups in total. The van der Waals surface area contributed by atoms with Crippen LogP contribution < -0.4 is 10.1 Å². The Morgan fingerprint density at radius 1 is 1.23 bits per heavy atom. The zero-order chi connectivity index (χ0) is 15.2. The number of para-hydroxylation sites is 1. The van der Waals surface area contributed by atoms with E-state index >= 15 is 0 Å². The van der Waals surface area contributed by atoms with Gasteiger partial charge in [-0.2, -0.15) is 0 Å². The molecule has 0 saturated carbocycles. The molecule has 1 aromatic carbocycles. The Labute approximate surface area is 132 Å². The Morgan fingerprint density at radius 2 is 2.09 bits per heavy atom. The molecular formula is C18H23N3O. The second-order valence-electron chi connectivity index (χ2n) is 5.80. The SMILES string of the molecule is COc1ccccc1CN1CCC(CNc2ccccn2)C1. The third kappa shape index (κ3) is 3.77. The molecule has 4 heteroatoms. The highest BCUT2D eigenvalue weighted by Crippen LogP contribution is 2.23. The van der Waals surface area contributed by atoms with Crippen LogP contribution in [0.5, 0.6) is 5.75 Å². The lowest BCUT2D eigenvalue weighted by molar-refractivity contribution is 0.310. The Bertz CT molecular complexity index is 588. The van der Waals surface area contributed by atoms with E-state index in [2.05, 4.69) is 27.3 Å². The number of aromatic nitrogens is 1. The molecule has 0 amide bonds. The van der Waals surface area contributed by atoms with Gasteiger partial charge in [-0.25, -0.2) is 4.98 Å². The molecule has 0 spiro atoms. The van der Waals surface area contributed by atoms with Crippen molar-refractivity contribution in [3.63, 3.8) is 0 Å². The lowest BCUT2D eigenvalue weighted by atomic mass is 10.1. The van der Waals surface area contributed by atoms with Crippen molar-refractivity contribution >= 4 is 5.82 Å². The normalized spacial score (nSPS) is 18.3. The van der Waals surface area contributed by atoms with Crippen LogP contribution in [0.15, 0.2) is 48.7 Å². The van der Waals surface area contributed by atoms with E-state index in [1.54, 1.807) is 7.11 Å². The summed E-state index contributed by atoms with van der Waals surface area (Å²) in [5.74, 6) is 2.62. The fraction of sp³-hybridized carbons (Fsp3) is 0.389. The second kappa shape index (κ2) is 7.27. The molecule has 1 atom stereocenters. The molecule has 0 bridgehead atoms. The van der Waals surface area contributed by atoms with Crippen LogP contribution >= 0.6 is 0 Å². The first kappa shape index (κ1) is 14.9. The molecule has 1 unspecified atom stereocenters. The fourth-order valence-corrected chi connectivity index (χ4v) is 3.01. The van der Waals surface area contributed by atoms with Gasteiger partial charge in [0.25, 0.3) is 0 Å². The quantitative estimate of drug-likeness (QED) is 0.889. The maximum atomic E-state index is 5.44. The number of ether oxygens (including phenoxy) is 1. The van der Waals surface area contributed by atoms with E-state index in [0.29, 0.717) is 5.92 Å². The molecule has 1 fully saturated rings. The van der Waals surface area contributed by atoms with Crippen molar-refractivity contribution in [2.24, 2.45) is 5.92 Å². The summed E-state index contributed by atoms with van der Waals surface area (Å²) in [6.45, 7) is 4.22. The predicted molar refractivity (Wildman–Crippen MR) is 89.1 cm³/mol. The fourth-order valence-electron chi connectivity index (χ4n) is 3.01. The molecule has 1 aliphatic rings. The van der Waals surface area contributed by atoms with Crippen LogP contribution in [0.2, 0.25) is 0 Å². The summed E-state index contributed by atoms with van der Waals surface area (Å²) in [4.78, 5) is 6.81. The minimum Gasteiger partial charge on any atom is -0.496 e. The number of nitrogens with one attached hydrogen (secondary N) is 1. The van der Waals surface area contributed by atoms with Crippen LogP contribution in [0.4, 0.5) is 5.82 Å². The Hall–Kier alpha value is -2.07. The van der Waals surface area contributed by atoms with E-state index < -0.39 is 0 Å². The summed E-state index contributed by atoms with van der Waals surface area (Å²) < 4.78 is 5.44. The maximum absolute atomic E-state index is 5.44. The van der Waals surface area contributed by atoms with Crippen molar-refractivity contribution in [2.45, 2.75) is 13.0 Å². The van der Waals surface area contributed by atoms with Gasteiger partial charge in [-0.1, -0.05) is 24.3 Å². The first-order valence-electron chi connectivity index (χ1n) is 7.84. The molecule has 3 rings (SSSR count). The highest BCUT2D eigenvalue weighted by Gasteiger charge is 2.23. The van der Waals surface area contributed by atoms with Gasteiger partial charge in [0.15, 0.2) is 0 Å². The number of nitrogens with zero attached hydrogens (tertiary/aromatic N) is 2. The molecule has 22 heavy (non-hydrogen) atoms. The minimum absolute atomic E-state index is 0.678. The summed E-state index contributed by atoms with van der Waals surface area (Å²) in [6.07, 6.45) is 3.06. The summed E-state index contributed by atoms with van der Waals surface area (Å²) >= 11 is 0. The number of methoxy groups -OCH3 is 1. The first-order chi connectivity index (χ1) is 10.8.